The van der Waals surface area contributed by atoms with Crippen LogP contribution < -0.4 is 0 Å². The van der Waals surface area contributed by atoms with Crippen molar-refractivity contribution in [2.75, 3.05) is 0 Å². The monoisotopic (exact) mass is 647 g/mol. The van der Waals surface area contributed by atoms with Crippen LogP contribution in [0.1, 0.15) is 38.4 Å². The van der Waals surface area contributed by atoms with Gasteiger partial charge >= 0.3 is 0 Å². The molecule has 0 fully saturated rings. The lowest BCUT2D eigenvalue weighted by atomic mass is 9.97. The van der Waals surface area contributed by atoms with Crippen molar-refractivity contribution in [2.45, 2.75) is 34.1 Å². The molecule has 0 aliphatic heterocycles. The summed E-state index contributed by atoms with van der Waals surface area (Å²) in [5.41, 5.74) is 10.7. The van der Waals surface area contributed by atoms with Gasteiger partial charge in [-0.2, -0.15) is 0 Å². The van der Waals surface area contributed by atoms with Gasteiger partial charge in [-0.25, -0.2) is 0 Å². The highest BCUT2D eigenvalue weighted by molar-refractivity contribution is 6.35. The summed E-state index contributed by atoms with van der Waals surface area (Å²) in [4.78, 5) is 3.72. The van der Waals surface area contributed by atoms with Crippen molar-refractivity contribution >= 4 is 82.1 Å². The first kappa shape index (κ1) is 31.2. The number of H-pyrrole nitrogens is 1. The van der Waals surface area contributed by atoms with Crippen LogP contribution in [-0.2, 0) is 0 Å². The van der Waals surface area contributed by atoms with E-state index in [1.807, 2.05) is 13.0 Å². The molecule has 7 aromatic carbocycles. The molecule has 0 radical (unpaired) electrons. The first-order chi connectivity index (χ1) is 24.6. The summed E-state index contributed by atoms with van der Waals surface area (Å²) in [6.07, 6.45) is 4.99. The smallest absolute Gasteiger partial charge is 0.0795 e. The van der Waals surface area contributed by atoms with Gasteiger partial charge in [0.25, 0.3) is 0 Å². The highest BCUT2D eigenvalue weighted by Crippen LogP contribution is 2.48. The molecule has 10 aromatic rings. The maximum absolute atomic E-state index is 4.19. The zero-order valence-electron chi connectivity index (χ0n) is 29.2. The van der Waals surface area contributed by atoms with Crippen LogP contribution in [0.3, 0.4) is 0 Å². The lowest BCUT2D eigenvalue weighted by Gasteiger charge is -2.14. The second kappa shape index (κ2) is 12.4. The van der Waals surface area contributed by atoms with E-state index in [2.05, 4.69) is 169 Å². The average molecular weight is 648 g/mol. The molecule has 0 amide bonds. The molecule has 0 spiro atoms. The summed E-state index contributed by atoms with van der Waals surface area (Å²) in [6, 6.07) is 44.5. The van der Waals surface area contributed by atoms with Gasteiger partial charge in [-0.1, -0.05) is 124 Å². The average Bonchev–Trinajstić information content (AvgIpc) is 3.78. The second-order valence-corrected chi connectivity index (χ2v) is 13.0. The number of hydrogen-bond donors (Lipinski definition) is 1. The number of nitrogens with zero attached hydrogens (tertiary/aromatic N) is 2. The highest BCUT2D eigenvalue weighted by Gasteiger charge is 2.26. The van der Waals surface area contributed by atoms with Crippen LogP contribution in [-0.4, -0.2) is 14.1 Å². The lowest BCUT2D eigenvalue weighted by Crippen LogP contribution is -1.99. The summed E-state index contributed by atoms with van der Waals surface area (Å²) in [5, 5.41) is 11.3. The summed E-state index contributed by atoms with van der Waals surface area (Å²) in [7, 11) is 0. The Bertz CT molecular complexity index is 2850. The molecule has 0 saturated carbocycles. The molecule has 244 valence electrons. The fourth-order valence-corrected chi connectivity index (χ4v) is 7.89. The van der Waals surface area contributed by atoms with E-state index in [0.717, 1.165) is 16.9 Å². The molecule has 3 nitrogen and oxygen atoms in total. The summed E-state index contributed by atoms with van der Waals surface area (Å²) < 4.78 is 5.01. The van der Waals surface area contributed by atoms with Gasteiger partial charge in [0.15, 0.2) is 0 Å². The maximum Gasteiger partial charge on any atom is 0.0795 e. The van der Waals surface area contributed by atoms with Crippen LogP contribution in [0.25, 0.3) is 93.5 Å². The van der Waals surface area contributed by atoms with Crippen LogP contribution in [0.15, 0.2) is 141 Å². The quantitative estimate of drug-likeness (QED) is 0.146. The van der Waals surface area contributed by atoms with E-state index in [-0.39, 0.29) is 0 Å². The van der Waals surface area contributed by atoms with E-state index in [9.17, 15) is 0 Å². The SMILES string of the molecule is C=CC.C=Cc1c(C)[nH]c2c1cc1c3c2ccc2cc4c5ccccc5n(-c5ccccc5)c4c(c23)n1-c1cccc2ccccc12.CCC. The minimum absolute atomic E-state index is 1.14. The predicted octanol–water partition coefficient (Wildman–Crippen LogP) is 13.7. The highest BCUT2D eigenvalue weighted by atomic mass is 15.0. The zero-order valence-corrected chi connectivity index (χ0v) is 29.2. The Morgan fingerprint density at radius 1 is 0.600 bits per heavy atom. The first-order valence-corrected chi connectivity index (χ1v) is 17.6. The van der Waals surface area contributed by atoms with Gasteiger partial charge in [0.1, 0.15) is 0 Å². The number of para-hydroxylation sites is 2. The Morgan fingerprint density at radius 3 is 2.04 bits per heavy atom. The van der Waals surface area contributed by atoms with Gasteiger partial charge in [0, 0.05) is 54.6 Å². The molecule has 0 aliphatic rings. The van der Waals surface area contributed by atoms with Crippen molar-refractivity contribution in [3.63, 3.8) is 0 Å². The lowest BCUT2D eigenvalue weighted by molar-refractivity contribution is 1.09. The topological polar surface area (TPSA) is 25.6 Å². The largest absolute Gasteiger partial charge is 0.358 e. The number of allylic oxidation sites excluding steroid dienone is 1. The van der Waals surface area contributed by atoms with Crippen LogP contribution in [0.4, 0.5) is 0 Å². The molecule has 0 bridgehead atoms. The van der Waals surface area contributed by atoms with Crippen molar-refractivity contribution < 1.29 is 0 Å². The second-order valence-electron chi connectivity index (χ2n) is 13.0. The van der Waals surface area contributed by atoms with Gasteiger partial charge in [-0.15, -0.1) is 6.58 Å². The predicted molar refractivity (Wildman–Crippen MR) is 220 cm³/mol. The minimum atomic E-state index is 1.14. The molecule has 0 unspecified atom stereocenters. The fraction of sp³-hybridized carbons (Fsp3) is 0.106. The number of fused-ring (bicyclic) bond motifs is 7. The third-order valence-corrected chi connectivity index (χ3v) is 9.69. The van der Waals surface area contributed by atoms with E-state index in [4.69, 9.17) is 0 Å². The Balaban J connectivity index is 0.000000565. The van der Waals surface area contributed by atoms with E-state index < -0.39 is 0 Å². The Hall–Kier alpha value is -6.06. The normalized spacial score (nSPS) is 11.4. The number of hydrogen-bond acceptors (Lipinski definition) is 0. The molecule has 3 aromatic heterocycles. The fourth-order valence-electron chi connectivity index (χ4n) is 7.89. The van der Waals surface area contributed by atoms with E-state index in [1.54, 1.807) is 6.08 Å². The third-order valence-electron chi connectivity index (χ3n) is 9.69. The third kappa shape index (κ3) is 4.50. The van der Waals surface area contributed by atoms with Crippen molar-refractivity contribution in [2.24, 2.45) is 0 Å². The van der Waals surface area contributed by atoms with Gasteiger partial charge < -0.3 is 14.1 Å². The Morgan fingerprint density at radius 2 is 1.28 bits per heavy atom. The zero-order chi connectivity index (χ0) is 34.5. The summed E-state index contributed by atoms with van der Waals surface area (Å²) in [6.45, 7) is 15.8. The van der Waals surface area contributed by atoms with Crippen LogP contribution in [0.5, 0.6) is 0 Å². The molecule has 3 heteroatoms. The molecular weight excluding hydrogens is 607 g/mol. The minimum Gasteiger partial charge on any atom is -0.358 e. The Labute approximate surface area is 292 Å². The molecule has 1 N–H and O–H groups in total. The van der Waals surface area contributed by atoms with Gasteiger partial charge in [0.2, 0.25) is 0 Å². The molecule has 0 saturated heterocycles. The van der Waals surface area contributed by atoms with Crippen molar-refractivity contribution in [1.82, 2.24) is 14.1 Å². The Kier molecular flexibility index (Phi) is 7.76. The van der Waals surface area contributed by atoms with Gasteiger partial charge in [-0.3, -0.25) is 0 Å². The number of aryl methyl sites for hydroxylation is 1. The molecular formula is C47H41N3. The standard InChI is InChI=1S/C41H27N3.C3H8.C3H6/c1-3-28-24(2)42-39-31-21-20-26-22-33-30-17-9-10-18-35(30)43(27-14-5-4-6-15-27)40(33)41-37(26)38(31)36(23-32(28)39)44(41)34-19-11-13-25-12-7-8-16-29(25)34;2*1-3-2/h3-23,42H,1H2,2H3;3H2,1-2H3;3H,1H2,2H3. The van der Waals surface area contributed by atoms with E-state index in [1.165, 1.54) is 88.2 Å². The molecule has 0 aliphatic carbocycles. The summed E-state index contributed by atoms with van der Waals surface area (Å²) in [5.74, 6) is 0. The van der Waals surface area contributed by atoms with E-state index >= 15 is 0 Å². The van der Waals surface area contributed by atoms with Crippen LogP contribution in [0.2, 0.25) is 0 Å². The number of benzene rings is 7. The van der Waals surface area contributed by atoms with Crippen molar-refractivity contribution in [1.29, 1.82) is 0 Å². The summed E-state index contributed by atoms with van der Waals surface area (Å²) >= 11 is 0. The molecule has 50 heavy (non-hydrogen) atoms. The van der Waals surface area contributed by atoms with Crippen LogP contribution >= 0.6 is 0 Å². The van der Waals surface area contributed by atoms with E-state index in [0.29, 0.717) is 0 Å². The van der Waals surface area contributed by atoms with Crippen molar-refractivity contribution in [3.8, 4) is 11.4 Å². The molecule has 0 atom stereocenters. The maximum atomic E-state index is 4.19. The van der Waals surface area contributed by atoms with Gasteiger partial charge in [0.05, 0.1) is 33.3 Å². The number of aromatic nitrogens is 3. The number of rotatable bonds is 3. The van der Waals surface area contributed by atoms with Gasteiger partial charge in [-0.05, 0) is 61.0 Å². The van der Waals surface area contributed by atoms with Crippen molar-refractivity contribution in [3.05, 3.63) is 152 Å². The number of nitrogens with one attached hydrogen (secondary N) is 1. The number of aromatic amines is 1. The molecule has 10 rings (SSSR count). The van der Waals surface area contributed by atoms with Crippen LogP contribution in [0, 0.1) is 6.92 Å². The molecule has 3 heterocycles. The first-order valence-electron chi connectivity index (χ1n) is 17.6.